The maximum atomic E-state index is 14.0. The van der Waals surface area contributed by atoms with E-state index in [1.165, 1.54) is 24.3 Å². The molecule has 0 radical (unpaired) electrons. The number of H-pyrrole nitrogens is 1. The van der Waals surface area contributed by atoms with Crippen LogP contribution in [0, 0.1) is 11.6 Å². The molecule has 0 saturated heterocycles. The zero-order chi connectivity index (χ0) is 22.6. The molecule has 4 aromatic rings. The van der Waals surface area contributed by atoms with Crippen molar-refractivity contribution in [1.82, 2.24) is 9.97 Å². The number of fused-ring (bicyclic) bond motifs is 2. The highest BCUT2D eigenvalue weighted by Gasteiger charge is 2.50. The number of hydrogen-bond acceptors (Lipinski definition) is 4. The third-order valence-electron chi connectivity index (χ3n) is 5.33. The summed E-state index contributed by atoms with van der Waals surface area (Å²) >= 11 is 0. The minimum absolute atomic E-state index is 0.0167. The molecule has 8 nitrogen and oxygen atoms in total. The first-order chi connectivity index (χ1) is 15.3. The van der Waals surface area contributed by atoms with Gasteiger partial charge in [-0.05, 0) is 30.3 Å². The zero-order valence-electron chi connectivity index (χ0n) is 16.1. The molecule has 0 fully saturated rings. The maximum Gasteiger partial charge on any atom is 0.411 e. The highest BCUT2D eigenvalue weighted by atomic mass is 19.2. The van der Waals surface area contributed by atoms with Crippen LogP contribution >= 0.6 is 0 Å². The Morgan fingerprint density at radius 3 is 2.59 bits per heavy atom. The monoisotopic (exact) mass is 436 g/mol. The number of carbonyl (C=O) groups is 2. The van der Waals surface area contributed by atoms with Gasteiger partial charge in [0, 0.05) is 22.8 Å². The molecule has 2 heterocycles. The lowest BCUT2D eigenvalue weighted by Crippen LogP contribution is -2.45. The topological polar surface area (TPSA) is 119 Å². The largest absolute Gasteiger partial charge is 0.465 e. The van der Waals surface area contributed by atoms with Gasteiger partial charge in [0.25, 0.3) is 5.91 Å². The molecule has 10 heteroatoms. The molecule has 0 saturated carbocycles. The molecule has 5 rings (SSSR count). The Hall–Kier alpha value is -4.31. The van der Waals surface area contributed by atoms with Gasteiger partial charge in [0.15, 0.2) is 17.4 Å². The molecule has 32 heavy (non-hydrogen) atoms. The van der Waals surface area contributed by atoms with Crippen LogP contribution in [0.3, 0.4) is 0 Å². The number of aliphatic hydroxyl groups is 1. The zero-order valence-corrected chi connectivity index (χ0v) is 16.1. The van der Waals surface area contributed by atoms with Gasteiger partial charge >= 0.3 is 6.09 Å². The van der Waals surface area contributed by atoms with E-state index in [-0.39, 0.29) is 28.3 Å². The second-order valence-corrected chi connectivity index (χ2v) is 7.20. The van der Waals surface area contributed by atoms with Crippen LogP contribution in [-0.4, -0.2) is 32.2 Å². The molecular weight excluding hydrogens is 422 g/mol. The summed E-state index contributed by atoms with van der Waals surface area (Å²) in [7, 11) is 0. The summed E-state index contributed by atoms with van der Waals surface area (Å²) in [5, 5.41) is 22.9. The number of benzene rings is 3. The summed E-state index contributed by atoms with van der Waals surface area (Å²) in [5.74, 6) is -2.86. The summed E-state index contributed by atoms with van der Waals surface area (Å²) in [6.45, 7) is 0. The van der Waals surface area contributed by atoms with Gasteiger partial charge in [-0.2, -0.15) is 0 Å². The fourth-order valence-electron chi connectivity index (χ4n) is 3.96. The van der Waals surface area contributed by atoms with Crippen LogP contribution in [0.15, 0.2) is 60.7 Å². The van der Waals surface area contributed by atoms with Gasteiger partial charge in [-0.1, -0.05) is 24.3 Å². The molecule has 1 atom stereocenters. The van der Waals surface area contributed by atoms with Crippen molar-refractivity contribution >= 4 is 34.7 Å². The Labute approximate surface area is 178 Å². The molecule has 1 aliphatic heterocycles. The molecule has 0 aliphatic carbocycles. The van der Waals surface area contributed by atoms with Crippen molar-refractivity contribution in [2.45, 2.75) is 5.72 Å². The Balaban J connectivity index is 1.71. The molecule has 1 aliphatic rings. The van der Waals surface area contributed by atoms with Crippen molar-refractivity contribution in [2.24, 2.45) is 0 Å². The quantitative estimate of drug-likeness (QED) is 0.390. The predicted octanol–water partition coefficient (Wildman–Crippen LogP) is 3.78. The van der Waals surface area contributed by atoms with Crippen molar-refractivity contribution in [3.63, 3.8) is 0 Å². The number of anilines is 2. The van der Waals surface area contributed by atoms with E-state index in [1.807, 2.05) is 0 Å². The van der Waals surface area contributed by atoms with Crippen molar-refractivity contribution in [2.75, 3.05) is 10.2 Å². The van der Waals surface area contributed by atoms with Crippen LogP contribution in [-0.2, 0) is 5.72 Å². The molecule has 0 bridgehead atoms. The van der Waals surface area contributed by atoms with E-state index in [2.05, 4.69) is 15.3 Å². The lowest BCUT2D eigenvalue weighted by Gasteiger charge is -2.35. The Morgan fingerprint density at radius 2 is 1.84 bits per heavy atom. The van der Waals surface area contributed by atoms with Crippen LogP contribution in [0.2, 0.25) is 0 Å². The fraction of sp³-hybridized carbons (Fsp3) is 0.0455. The summed E-state index contributed by atoms with van der Waals surface area (Å²) in [6.07, 6.45) is -1.30. The SMILES string of the molecule is O=C(O)Nc1nc2ccc(C3(O)c4ccccc4C(=O)N3c3ccc(F)c(F)c3)cc2[nH]1. The maximum absolute atomic E-state index is 14.0. The van der Waals surface area contributed by atoms with E-state index in [1.54, 1.807) is 24.3 Å². The number of imidazole rings is 1. The van der Waals surface area contributed by atoms with E-state index in [4.69, 9.17) is 5.11 Å². The third-order valence-corrected chi connectivity index (χ3v) is 5.33. The second-order valence-electron chi connectivity index (χ2n) is 7.20. The van der Waals surface area contributed by atoms with E-state index < -0.39 is 29.4 Å². The first-order valence-electron chi connectivity index (χ1n) is 9.40. The number of aromatic amines is 1. The number of nitrogens with one attached hydrogen (secondary N) is 2. The molecule has 2 amide bonds. The molecule has 1 unspecified atom stereocenters. The van der Waals surface area contributed by atoms with Gasteiger partial charge in [0.2, 0.25) is 5.95 Å². The van der Waals surface area contributed by atoms with Crippen molar-refractivity contribution in [3.8, 4) is 0 Å². The van der Waals surface area contributed by atoms with Gasteiger partial charge in [-0.25, -0.2) is 18.6 Å². The molecule has 1 aromatic heterocycles. The number of hydrogen-bond donors (Lipinski definition) is 4. The number of carbonyl (C=O) groups excluding carboxylic acids is 1. The number of aromatic nitrogens is 2. The van der Waals surface area contributed by atoms with Gasteiger partial charge in [0.1, 0.15) is 0 Å². The third kappa shape index (κ3) is 2.81. The van der Waals surface area contributed by atoms with Crippen molar-refractivity contribution < 1.29 is 28.6 Å². The van der Waals surface area contributed by atoms with Crippen LogP contribution in [0.25, 0.3) is 11.0 Å². The van der Waals surface area contributed by atoms with Gasteiger partial charge < -0.3 is 15.2 Å². The van der Waals surface area contributed by atoms with Crippen LogP contribution in [0.4, 0.5) is 25.2 Å². The number of carboxylic acid groups (broad SMARTS) is 1. The van der Waals surface area contributed by atoms with E-state index >= 15 is 0 Å². The molecule has 3 aromatic carbocycles. The van der Waals surface area contributed by atoms with Gasteiger partial charge in [0.05, 0.1) is 16.7 Å². The van der Waals surface area contributed by atoms with Crippen LogP contribution in [0.5, 0.6) is 0 Å². The fourth-order valence-corrected chi connectivity index (χ4v) is 3.96. The standard InChI is InChI=1S/C22H14F2N4O4/c23-15-7-6-12(10-16(15)24)28-19(29)13-3-1-2-4-14(13)22(28,32)11-5-8-17-18(9-11)26-20(25-17)27-21(30)31/h1-10,32H,(H,30,31)(H2,25,26,27). The smallest absolute Gasteiger partial charge is 0.411 e. The molecule has 0 spiro atoms. The first-order valence-corrected chi connectivity index (χ1v) is 9.40. The molecular formula is C22H14F2N4O4. The van der Waals surface area contributed by atoms with E-state index in [0.29, 0.717) is 11.0 Å². The Bertz CT molecular complexity index is 1420. The lowest BCUT2D eigenvalue weighted by atomic mass is 9.93. The summed E-state index contributed by atoms with van der Waals surface area (Å²) < 4.78 is 27.5. The highest BCUT2D eigenvalue weighted by molar-refractivity contribution is 6.12. The number of rotatable bonds is 3. The predicted molar refractivity (Wildman–Crippen MR) is 110 cm³/mol. The normalized spacial score (nSPS) is 17.6. The Kier molecular flexibility index (Phi) is 4.21. The minimum atomic E-state index is -2.04. The Morgan fingerprint density at radius 1 is 1.06 bits per heavy atom. The molecule has 160 valence electrons. The number of halogens is 2. The summed E-state index contributed by atoms with van der Waals surface area (Å²) in [4.78, 5) is 32.0. The average molecular weight is 436 g/mol. The summed E-state index contributed by atoms with van der Waals surface area (Å²) in [6, 6.07) is 13.9. The average Bonchev–Trinajstić information content (AvgIpc) is 3.26. The molecule has 4 N–H and O–H groups in total. The first kappa shape index (κ1) is 19.6. The second kappa shape index (κ2) is 6.86. The lowest BCUT2D eigenvalue weighted by molar-refractivity contribution is 0.0703. The van der Waals surface area contributed by atoms with E-state index in [0.717, 1.165) is 17.0 Å². The van der Waals surface area contributed by atoms with Gasteiger partial charge in [-0.15, -0.1) is 0 Å². The van der Waals surface area contributed by atoms with E-state index in [9.17, 15) is 23.5 Å². The van der Waals surface area contributed by atoms with Crippen molar-refractivity contribution in [3.05, 3.63) is 89.0 Å². The van der Waals surface area contributed by atoms with Crippen molar-refractivity contribution in [1.29, 1.82) is 0 Å². The minimum Gasteiger partial charge on any atom is -0.465 e. The van der Waals surface area contributed by atoms with Crippen LogP contribution in [0.1, 0.15) is 21.5 Å². The van der Waals surface area contributed by atoms with Crippen LogP contribution < -0.4 is 10.2 Å². The summed E-state index contributed by atoms with van der Waals surface area (Å²) in [5.41, 5.74) is -0.573. The number of amides is 2. The highest BCUT2D eigenvalue weighted by Crippen LogP contribution is 2.45. The van der Waals surface area contributed by atoms with Gasteiger partial charge in [-0.3, -0.25) is 15.0 Å². The number of nitrogens with zero attached hydrogens (tertiary/aromatic N) is 2.